The van der Waals surface area contributed by atoms with Crippen LogP contribution in [0.2, 0.25) is 0 Å². The van der Waals surface area contributed by atoms with Crippen molar-refractivity contribution in [3.05, 3.63) is 46.5 Å². The molecule has 0 atom stereocenters. The number of aromatic nitrogens is 3. The van der Waals surface area contributed by atoms with Gasteiger partial charge in [-0.2, -0.15) is 0 Å². The molecule has 2 N–H and O–H groups in total. The number of hydrogen-bond donors (Lipinski definition) is 2. The number of carbonyl (C=O) groups excluding carboxylic acids is 1. The first-order chi connectivity index (χ1) is 11.6. The Morgan fingerprint density at radius 1 is 1.33 bits per heavy atom. The molecule has 24 heavy (non-hydrogen) atoms. The van der Waals surface area contributed by atoms with E-state index in [-0.39, 0.29) is 17.3 Å². The van der Waals surface area contributed by atoms with Gasteiger partial charge in [-0.1, -0.05) is 0 Å². The summed E-state index contributed by atoms with van der Waals surface area (Å²) >= 11 is 0. The van der Waals surface area contributed by atoms with E-state index in [0.717, 1.165) is 0 Å². The van der Waals surface area contributed by atoms with E-state index in [1.54, 1.807) is 17.0 Å². The van der Waals surface area contributed by atoms with E-state index >= 15 is 0 Å². The Balaban J connectivity index is 2.25. The average Bonchev–Trinajstić information content (AvgIpc) is 2.61. The van der Waals surface area contributed by atoms with Gasteiger partial charge < -0.3 is 4.90 Å². The third-order valence-electron chi connectivity index (χ3n) is 3.27. The van der Waals surface area contributed by atoms with Crippen LogP contribution in [0.4, 0.5) is 17.3 Å². The SMILES string of the molecule is CCN(CC)c1ncnc(NNC(=O)c2cccnc2)c1[N+](=O)[O-]. The van der Waals surface area contributed by atoms with E-state index in [1.807, 2.05) is 13.8 Å². The number of hydrazine groups is 1. The second-order valence-electron chi connectivity index (χ2n) is 4.64. The highest BCUT2D eigenvalue weighted by Crippen LogP contribution is 2.31. The van der Waals surface area contributed by atoms with Crippen molar-refractivity contribution in [1.82, 2.24) is 20.4 Å². The molecule has 0 radical (unpaired) electrons. The maximum absolute atomic E-state index is 12.0. The number of carbonyl (C=O) groups is 1. The summed E-state index contributed by atoms with van der Waals surface area (Å²) in [6.07, 6.45) is 4.13. The molecule has 0 saturated carbocycles. The highest BCUT2D eigenvalue weighted by molar-refractivity contribution is 5.94. The first kappa shape index (κ1) is 17.1. The van der Waals surface area contributed by atoms with Crippen molar-refractivity contribution in [1.29, 1.82) is 0 Å². The van der Waals surface area contributed by atoms with E-state index in [4.69, 9.17) is 0 Å². The van der Waals surface area contributed by atoms with Crippen LogP contribution in [0.5, 0.6) is 0 Å². The number of rotatable bonds is 7. The van der Waals surface area contributed by atoms with Gasteiger partial charge in [-0.15, -0.1) is 0 Å². The van der Waals surface area contributed by atoms with Crippen LogP contribution in [0.25, 0.3) is 0 Å². The van der Waals surface area contributed by atoms with Crippen molar-refractivity contribution >= 4 is 23.2 Å². The Morgan fingerprint density at radius 3 is 2.67 bits per heavy atom. The minimum absolute atomic E-state index is 0.0888. The Labute approximate surface area is 138 Å². The molecule has 0 saturated heterocycles. The molecular weight excluding hydrogens is 314 g/mol. The zero-order chi connectivity index (χ0) is 17.5. The fourth-order valence-electron chi connectivity index (χ4n) is 2.07. The van der Waals surface area contributed by atoms with Gasteiger partial charge in [0.25, 0.3) is 5.91 Å². The van der Waals surface area contributed by atoms with Crippen molar-refractivity contribution in [3.8, 4) is 0 Å². The van der Waals surface area contributed by atoms with Crippen LogP contribution in [-0.4, -0.2) is 38.9 Å². The summed E-state index contributed by atoms with van der Waals surface area (Å²) < 4.78 is 0. The van der Waals surface area contributed by atoms with Gasteiger partial charge in [0.1, 0.15) is 6.33 Å². The van der Waals surface area contributed by atoms with E-state index in [2.05, 4.69) is 25.8 Å². The van der Waals surface area contributed by atoms with Crippen LogP contribution in [0.15, 0.2) is 30.9 Å². The first-order valence-corrected chi connectivity index (χ1v) is 7.29. The summed E-state index contributed by atoms with van der Waals surface area (Å²) in [6, 6.07) is 3.18. The molecule has 10 nitrogen and oxygen atoms in total. The summed E-state index contributed by atoms with van der Waals surface area (Å²) in [5.74, 6) is -0.382. The fraction of sp³-hybridized carbons (Fsp3) is 0.286. The Morgan fingerprint density at radius 2 is 2.08 bits per heavy atom. The summed E-state index contributed by atoms with van der Waals surface area (Å²) in [4.78, 5) is 36.3. The molecule has 0 spiro atoms. The number of anilines is 2. The predicted octanol–water partition coefficient (Wildman–Crippen LogP) is 1.38. The quantitative estimate of drug-likeness (QED) is 0.575. The van der Waals surface area contributed by atoms with Gasteiger partial charge in [0.05, 0.1) is 10.5 Å². The van der Waals surface area contributed by atoms with Crippen molar-refractivity contribution in [2.24, 2.45) is 0 Å². The minimum atomic E-state index is -0.577. The van der Waals surface area contributed by atoms with Crippen molar-refractivity contribution in [3.63, 3.8) is 0 Å². The molecule has 126 valence electrons. The lowest BCUT2D eigenvalue weighted by molar-refractivity contribution is -0.383. The number of hydrogen-bond acceptors (Lipinski definition) is 8. The summed E-state index contributed by atoms with van der Waals surface area (Å²) in [7, 11) is 0. The molecule has 2 heterocycles. The molecule has 2 rings (SSSR count). The Hall–Kier alpha value is -3.30. The van der Waals surface area contributed by atoms with E-state index in [9.17, 15) is 14.9 Å². The van der Waals surface area contributed by atoms with Crippen LogP contribution >= 0.6 is 0 Å². The monoisotopic (exact) mass is 331 g/mol. The Bertz CT molecular complexity index is 720. The lowest BCUT2D eigenvalue weighted by Gasteiger charge is -2.20. The molecule has 0 aliphatic rings. The third-order valence-corrected chi connectivity index (χ3v) is 3.27. The lowest BCUT2D eigenvalue weighted by Crippen LogP contribution is -2.31. The van der Waals surface area contributed by atoms with Crippen LogP contribution in [0.1, 0.15) is 24.2 Å². The molecule has 1 amide bonds. The second-order valence-corrected chi connectivity index (χ2v) is 4.64. The van der Waals surface area contributed by atoms with Crippen LogP contribution in [0.3, 0.4) is 0 Å². The summed E-state index contributed by atoms with van der Waals surface area (Å²) in [6.45, 7) is 4.84. The van der Waals surface area contributed by atoms with Gasteiger partial charge in [0, 0.05) is 25.5 Å². The average molecular weight is 331 g/mol. The highest BCUT2D eigenvalue weighted by Gasteiger charge is 2.26. The van der Waals surface area contributed by atoms with Crippen LogP contribution in [-0.2, 0) is 0 Å². The molecule has 0 fully saturated rings. The van der Waals surface area contributed by atoms with Crippen molar-refractivity contribution < 1.29 is 9.72 Å². The van der Waals surface area contributed by atoms with Gasteiger partial charge in [-0.05, 0) is 26.0 Å². The zero-order valence-corrected chi connectivity index (χ0v) is 13.3. The van der Waals surface area contributed by atoms with Crippen molar-refractivity contribution in [2.45, 2.75) is 13.8 Å². The molecule has 0 aliphatic carbocycles. The maximum Gasteiger partial charge on any atom is 0.355 e. The van der Waals surface area contributed by atoms with Gasteiger partial charge in [-0.25, -0.2) is 9.97 Å². The van der Waals surface area contributed by atoms with Gasteiger partial charge >= 0.3 is 5.69 Å². The van der Waals surface area contributed by atoms with E-state index < -0.39 is 10.8 Å². The van der Waals surface area contributed by atoms with Crippen LogP contribution < -0.4 is 15.8 Å². The zero-order valence-electron chi connectivity index (χ0n) is 13.3. The molecule has 0 aliphatic heterocycles. The number of nitrogens with one attached hydrogen (secondary N) is 2. The lowest BCUT2D eigenvalue weighted by atomic mass is 10.3. The molecule has 0 aromatic carbocycles. The third kappa shape index (κ3) is 3.72. The molecule has 0 unspecified atom stereocenters. The summed E-state index contributed by atoms with van der Waals surface area (Å²) in [5, 5.41) is 11.4. The number of nitro groups is 1. The molecule has 0 bridgehead atoms. The fourth-order valence-corrected chi connectivity index (χ4v) is 2.07. The number of amides is 1. The number of nitrogens with zero attached hydrogens (tertiary/aromatic N) is 5. The predicted molar refractivity (Wildman–Crippen MR) is 87.6 cm³/mol. The highest BCUT2D eigenvalue weighted by atomic mass is 16.6. The van der Waals surface area contributed by atoms with Gasteiger partial charge in [0.2, 0.25) is 11.6 Å². The summed E-state index contributed by atoms with van der Waals surface area (Å²) in [5.41, 5.74) is 4.87. The molecule has 10 heteroatoms. The van der Waals surface area contributed by atoms with Gasteiger partial charge in [-0.3, -0.25) is 30.7 Å². The minimum Gasteiger partial charge on any atom is -0.351 e. The molecular formula is C14H17N7O3. The second kappa shape index (κ2) is 7.81. The largest absolute Gasteiger partial charge is 0.355 e. The normalized spacial score (nSPS) is 10.1. The van der Waals surface area contributed by atoms with Crippen molar-refractivity contribution in [2.75, 3.05) is 23.4 Å². The standard InChI is InChI=1S/C14H17N7O3/c1-3-20(4-2)13-11(21(23)24)12(16-9-17-13)18-19-14(22)10-6-5-7-15-8-10/h5-9H,3-4H2,1-2H3,(H,19,22)(H,16,17,18). The van der Waals surface area contributed by atoms with E-state index in [0.29, 0.717) is 18.7 Å². The topological polar surface area (TPSA) is 126 Å². The molecule has 2 aromatic heterocycles. The maximum atomic E-state index is 12.0. The van der Waals surface area contributed by atoms with E-state index in [1.165, 1.54) is 18.7 Å². The smallest absolute Gasteiger partial charge is 0.351 e. The number of pyridine rings is 1. The first-order valence-electron chi connectivity index (χ1n) is 7.29. The van der Waals surface area contributed by atoms with Crippen LogP contribution in [0, 0.1) is 10.1 Å². The molecule has 2 aromatic rings. The van der Waals surface area contributed by atoms with Gasteiger partial charge in [0.15, 0.2) is 0 Å². The Kier molecular flexibility index (Phi) is 5.55.